The zero-order chi connectivity index (χ0) is 14.8. The summed E-state index contributed by atoms with van der Waals surface area (Å²) < 4.78 is 10.6. The third kappa shape index (κ3) is 2.35. The molecule has 1 aliphatic rings. The lowest BCUT2D eigenvalue weighted by Gasteiger charge is -2.21. The maximum atomic E-state index is 12.7. The quantitative estimate of drug-likeness (QED) is 0.873. The molecule has 0 spiro atoms. The minimum atomic E-state index is -0.181. The van der Waals surface area contributed by atoms with Gasteiger partial charge in [0.25, 0.3) is 5.91 Å². The van der Waals surface area contributed by atoms with Crippen molar-refractivity contribution in [1.29, 1.82) is 0 Å². The third-order valence-electron chi connectivity index (χ3n) is 3.31. The second-order valence-corrected chi connectivity index (χ2v) is 4.55. The molecule has 0 fully saturated rings. The molecule has 0 saturated heterocycles. The van der Waals surface area contributed by atoms with Gasteiger partial charge in [0.15, 0.2) is 11.5 Å². The number of nitrogen functional groups attached to an aromatic ring is 1. The normalized spacial score (nSPS) is 12.2. The lowest BCUT2D eigenvalue weighted by atomic mass is 10.1. The van der Waals surface area contributed by atoms with Crippen molar-refractivity contribution in [2.45, 2.75) is 6.92 Å². The fourth-order valence-electron chi connectivity index (χ4n) is 2.26. The van der Waals surface area contributed by atoms with Crippen molar-refractivity contribution in [3.8, 4) is 11.5 Å². The van der Waals surface area contributed by atoms with E-state index in [4.69, 9.17) is 15.2 Å². The monoisotopic (exact) mass is 285 g/mol. The highest BCUT2D eigenvalue weighted by Gasteiger charge is 2.23. The highest BCUT2D eigenvalue weighted by molar-refractivity contribution is 6.09. The molecule has 0 unspecified atom stereocenters. The van der Waals surface area contributed by atoms with Gasteiger partial charge in [-0.3, -0.25) is 9.78 Å². The van der Waals surface area contributed by atoms with Gasteiger partial charge in [-0.25, -0.2) is 0 Å². The predicted molar refractivity (Wildman–Crippen MR) is 78.6 cm³/mol. The van der Waals surface area contributed by atoms with Gasteiger partial charge < -0.3 is 20.1 Å². The van der Waals surface area contributed by atoms with Crippen molar-refractivity contribution in [1.82, 2.24) is 4.98 Å². The number of amides is 1. The van der Waals surface area contributed by atoms with Crippen LogP contribution in [0.2, 0.25) is 0 Å². The smallest absolute Gasteiger partial charge is 0.260 e. The number of hydrogen-bond donors (Lipinski definition) is 1. The van der Waals surface area contributed by atoms with E-state index < -0.39 is 0 Å². The second-order valence-electron chi connectivity index (χ2n) is 4.55. The van der Waals surface area contributed by atoms with E-state index in [1.54, 1.807) is 41.6 Å². The SMILES string of the molecule is CCN(C(=O)c1cc2c(cc1N)OCO2)c1ccncc1. The summed E-state index contributed by atoms with van der Waals surface area (Å²) in [6.45, 7) is 2.58. The molecule has 0 atom stereocenters. The van der Waals surface area contributed by atoms with Crippen molar-refractivity contribution in [2.75, 3.05) is 24.0 Å². The Bertz CT molecular complexity index is 673. The van der Waals surface area contributed by atoms with Crippen LogP contribution in [0.4, 0.5) is 11.4 Å². The topological polar surface area (TPSA) is 77.7 Å². The zero-order valence-corrected chi connectivity index (χ0v) is 11.6. The highest BCUT2D eigenvalue weighted by atomic mass is 16.7. The number of nitrogens with two attached hydrogens (primary N) is 1. The molecule has 21 heavy (non-hydrogen) atoms. The summed E-state index contributed by atoms with van der Waals surface area (Å²) in [6.07, 6.45) is 3.29. The lowest BCUT2D eigenvalue weighted by molar-refractivity contribution is 0.0988. The van der Waals surface area contributed by atoms with Crippen molar-refractivity contribution in [3.05, 3.63) is 42.2 Å². The van der Waals surface area contributed by atoms with Gasteiger partial charge in [-0.2, -0.15) is 0 Å². The Hall–Kier alpha value is -2.76. The average molecular weight is 285 g/mol. The first-order chi connectivity index (χ1) is 10.2. The molecule has 0 aliphatic carbocycles. The summed E-state index contributed by atoms with van der Waals surface area (Å²) >= 11 is 0. The number of benzene rings is 1. The lowest BCUT2D eigenvalue weighted by Crippen LogP contribution is -2.31. The third-order valence-corrected chi connectivity index (χ3v) is 3.31. The Morgan fingerprint density at radius 3 is 2.62 bits per heavy atom. The summed E-state index contributed by atoms with van der Waals surface area (Å²) in [6, 6.07) is 6.81. The van der Waals surface area contributed by atoms with Crippen LogP contribution in [-0.4, -0.2) is 24.2 Å². The van der Waals surface area contributed by atoms with E-state index in [9.17, 15) is 4.79 Å². The number of anilines is 2. The van der Waals surface area contributed by atoms with Crippen LogP contribution in [0.3, 0.4) is 0 Å². The Morgan fingerprint density at radius 1 is 1.29 bits per heavy atom. The largest absolute Gasteiger partial charge is 0.454 e. The van der Waals surface area contributed by atoms with Crippen LogP contribution in [0, 0.1) is 0 Å². The van der Waals surface area contributed by atoms with Gasteiger partial charge in [0, 0.05) is 36.4 Å². The molecule has 2 heterocycles. The fraction of sp³-hybridized carbons (Fsp3) is 0.200. The van der Waals surface area contributed by atoms with E-state index in [0.717, 1.165) is 5.69 Å². The molecule has 3 rings (SSSR count). The molecule has 1 aromatic heterocycles. The van der Waals surface area contributed by atoms with E-state index in [1.165, 1.54) is 0 Å². The van der Waals surface area contributed by atoms with Crippen LogP contribution in [0.25, 0.3) is 0 Å². The first kappa shape index (κ1) is 13.2. The second kappa shape index (κ2) is 5.32. The van der Waals surface area contributed by atoms with E-state index in [-0.39, 0.29) is 12.7 Å². The Balaban J connectivity index is 1.98. The number of ether oxygens (including phenoxy) is 2. The molecule has 108 valence electrons. The number of nitrogens with zero attached hydrogens (tertiary/aromatic N) is 2. The van der Waals surface area contributed by atoms with Crippen molar-refractivity contribution < 1.29 is 14.3 Å². The molecule has 2 N–H and O–H groups in total. The first-order valence-corrected chi connectivity index (χ1v) is 6.61. The number of carbonyl (C=O) groups is 1. The van der Waals surface area contributed by atoms with Crippen molar-refractivity contribution in [3.63, 3.8) is 0 Å². The van der Waals surface area contributed by atoms with Crippen LogP contribution in [0.5, 0.6) is 11.5 Å². The number of rotatable bonds is 3. The maximum absolute atomic E-state index is 12.7. The summed E-state index contributed by atoms with van der Waals surface area (Å²) in [5.74, 6) is 0.925. The summed E-state index contributed by atoms with van der Waals surface area (Å²) in [5.41, 5.74) is 7.52. The Labute approximate surface area is 122 Å². The standard InChI is InChI=1S/C15H15N3O3/c1-2-18(10-3-5-17-6-4-10)15(19)11-7-13-14(8-12(11)16)21-9-20-13/h3-8H,2,9,16H2,1H3. The van der Waals surface area contributed by atoms with Gasteiger partial charge in [0.2, 0.25) is 6.79 Å². The zero-order valence-electron chi connectivity index (χ0n) is 11.6. The Kier molecular flexibility index (Phi) is 3.35. The molecule has 6 nitrogen and oxygen atoms in total. The maximum Gasteiger partial charge on any atom is 0.260 e. The fourth-order valence-corrected chi connectivity index (χ4v) is 2.26. The highest BCUT2D eigenvalue weighted by Crippen LogP contribution is 2.36. The molecular weight excluding hydrogens is 270 g/mol. The summed E-state index contributed by atoms with van der Waals surface area (Å²) in [7, 11) is 0. The van der Waals surface area contributed by atoms with Gasteiger partial charge in [-0.15, -0.1) is 0 Å². The molecule has 1 aliphatic heterocycles. The van der Waals surface area contributed by atoms with E-state index in [1.807, 2.05) is 6.92 Å². The van der Waals surface area contributed by atoms with Crippen molar-refractivity contribution in [2.24, 2.45) is 0 Å². The van der Waals surface area contributed by atoms with E-state index in [0.29, 0.717) is 29.3 Å². The van der Waals surface area contributed by atoms with Gasteiger partial charge in [-0.1, -0.05) is 0 Å². The van der Waals surface area contributed by atoms with Crippen LogP contribution >= 0.6 is 0 Å². The molecule has 1 amide bonds. The molecule has 0 radical (unpaired) electrons. The van der Waals surface area contributed by atoms with Crippen LogP contribution in [0.1, 0.15) is 17.3 Å². The van der Waals surface area contributed by atoms with Gasteiger partial charge in [0.05, 0.1) is 5.56 Å². The first-order valence-electron chi connectivity index (χ1n) is 6.61. The number of hydrogen-bond acceptors (Lipinski definition) is 5. The number of pyridine rings is 1. The van der Waals surface area contributed by atoms with Crippen LogP contribution < -0.4 is 20.1 Å². The molecule has 0 saturated carbocycles. The minimum Gasteiger partial charge on any atom is -0.454 e. The minimum absolute atomic E-state index is 0.147. The molecule has 0 bridgehead atoms. The number of aromatic nitrogens is 1. The van der Waals surface area contributed by atoms with Crippen LogP contribution in [-0.2, 0) is 0 Å². The molecule has 2 aromatic rings. The average Bonchev–Trinajstić information content (AvgIpc) is 2.95. The molecular formula is C15H15N3O3. The molecule has 6 heteroatoms. The van der Waals surface area contributed by atoms with E-state index >= 15 is 0 Å². The van der Waals surface area contributed by atoms with Crippen molar-refractivity contribution >= 4 is 17.3 Å². The predicted octanol–water partition coefficient (Wildman–Crippen LogP) is 2.06. The van der Waals surface area contributed by atoms with Gasteiger partial charge >= 0.3 is 0 Å². The van der Waals surface area contributed by atoms with Crippen LogP contribution in [0.15, 0.2) is 36.7 Å². The summed E-state index contributed by atoms with van der Waals surface area (Å²) in [4.78, 5) is 18.3. The molecule has 1 aromatic carbocycles. The summed E-state index contributed by atoms with van der Waals surface area (Å²) in [5, 5.41) is 0. The number of fused-ring (bicyclic) bond motifs is 1. The van der Waals surface area contributed by atoms with Gasteiger partial charge in [-0.05, 0) is 25.1 Å². The Morgan fingerprint density at radius 2 is 1.95 bits per heavy atom. The number of carbonyl (C=O) groups excluding carboxylic acids is 1. The van der Waals surface area contributed by atoms with E-state index in [2.05, 4.69) is 4.98 Å². The van der Waals surface area contributed by atoms with Gasteiger partial charge in [0.1, 0.15) is 0 Å².